The first-order chi connectivity index (χ1) is 14.0. The van der Waals surface area contributed by atoms with E-state index in [9.17, 15) is 33.0 Å². The number of carbonyl (C=O) groups is 2. The minimum absolute atomic E-state index is 0.137. The van der Waals surface area contributed by atoms with Gasteiger partial charge in [-0.1, -0.05) is 48.0 Å². The molecule has 1 amide bonds. The van der Waals surface area contributed by atoms with Gasteiger partial charge in [0.05, 0.1) is 5.02 Å². The van der Waals surface area contributed by atoms with Crippen LogP contribution in [0.3, 0.4) is 0 Å². The molecule has 0 saturated heterocycles. The lowest BCUT2D eigenvalue weighted by Crippen LogP contribution is -2.49. The predicted molar refractivity (Wildman–Crippen MR) is 101 cm³/mol. The standard InChI is InChI=1S/C19H18ClF3N2O5/c20-12-7-6-11(9-14(12)30-19(21,22)23)15(18(28)29)25-17(27)16(26)13(24)8-10-4-2-1-3-5-10/h1-7,9,13,15-16,26H,8,24H2,(H,25,27)(H,28,29)/t13-,15+,16+/m1/s1. The number of nitrogens with one attached hydrogen (secondary N) is 1. The van der Waals surface area contributed by atoms with Crippen molar-refractivity contribution in [1.82, 2.24) is 5.32 Å². The van der Waals surface area contributed by atoms with Crippen LogP contribution < -0.4 is 15.8 Å². The topological polar surface area (TPSA) is 122 Å². The van der Waals surface area contributed by atoms with Crippen LogP contribution >= 0.6 is 11.6 Å². The summed E-state index contributed by atoms with van der Waals surface area (Å²) in [6.45, 7) is 0. The number of carboxylic acid groups (broad SMARTS) is 1. The van der Waals surface area contributed by atoms with Crippen LogP contribution in [0.4, 0.5) is 13.2 Å². The molecule has 162 valence electrons. The molecule has 2 aromatic carbocycles. The molecule has 2 rings (SSSR count). The Hall–Kier alpha value is -2.82. The van der Waals surface area contributed by atoms with E-state index >= 15 is 0 Å². The fraction of sp³-hybridized carbons (Fsp3) is 0.263. The number of nitrogens with two attached hydrogens (primary N) is 1. The average Bonchev–Trinajstić information content (AvgIpc) is 2.66. The molecule has 11 heteroatoms. The maximum atomic E-state index is 12.5. The van der Waals surface area contributed by atoms with Crippen molar-refractivity contribution in [2.75, 3.05) is 0 Å². The number of aliphatic hydroxyl groups is 1. The summed E-state index contributed by atoms with van der Waals surface area (Å²) < 4.78 is 41.2. The molecule has 0 aromatic heterocycles. The predicted octanol–water partition coefficient (Wildman–Crippen LogP) is 2.41. The van der Waals surface area contributed by atoms with Crippen molar-refractivity contribution in [3.05, 3.63) is 64.7 Å². The summed E-state index contributed by atoms with van der Waals surface area (Å²) in [6.07, 6.45) is -6.67. The van der Waals surface area contributed by atoms with Crippen molar-refractivity contribution in [2.24, 2.45) is 5.73 Å². The second-order valence-corrected chi connectivity index (χ2v) is 6.72. The van der Waals surface area contributed by atoms with Gasteiger partial charge in [0.25, 0.3) is 5.91 Å². The van der Waals surface area contributed by atoms with Gasteiger partial charge in [-0.05, 0) is 29.7 Å². The van der Waals surface area contributed by atoms with E-state index in [1.54, 1.807) is 30.3 Å². The molecule has 0 aliphatic heterocycles. The summed E-state index contributed by atoms with van der Waals surface area (Å²) in [5.41, 5.74) is 6.33. The van der Waals surface area contributed by atoms with E-state index in [2.05, 4.69) is 10.1 Å². The van der Waals surface area contributed by atoms with Crippen LogP contribution in [0.5, 0.6) is 5.75 Å². The Labute approximate surface area is 174 Å². The van der Waals surface area contributed by atoms with E-state index in [-0.39, 0.29) is 12.0 Å². The Morgan fingerprint density at radius 2 is 1.80 bits per heavy atom. The minimum atomic E-state index is -5.05. The number of carbonyl (C=O) groups excluding carboxylic acids is 1. The molecule has 30 heavy (non-hydrogen) atoms. The third-order valence-corrected chi connectivity index (χ3v) is 4.35. The van der Waals surface area contributed by atoms with Crippen LogP contribution in [0.2, 0.25) is 5.02 Å². The van der Waals surface area contributed by atoms with E-state index in [1.165, 1.54) is 0 Å². The number of benzene rings is 2. The van der Waals surface area contributed by atoms with Gasteiger partial charge in [0.2, 0.25) is 0 Å². The number of ether oxygens (including phenoxy) is 1. The highest BCUT2D eigenvalue weighted by Crippen LogP contribution is 2.32. The summed E-state index contributed by atoms with van der Waals surface area (Å²) in [7, 11) is 0. The van der Waals surface area contributed by atoms with Crippen molar-refractivity contribution >= 4 is 23.5 Å². The highest BCUT2D eigenvalue weighted by atomic mass is 35.5. The molecule has 0 spiro atoms. The Morgan fingerprint density at radius 1 is 1.17 bits per heavy atom. The first-order valence-electron chi connectivity index (χ1n) is 8.54. The fourth-order valence-electron chi connectivity index (χ4n) is 2.61. The molecule has 2 aromatic rings. The lowest BCUT2D eigenvalue weighted by Gasteiger charge is -2.22. The van der Waals surface area contributed by atoms with Gasteiger partial charge in [0.1, 0.15) is 11.9 Å². The number of hydrogen-bond donors (Lipinski definition) is 4. The second kappa shape index (κ2) is 9.79. The summed E-state index contributed by atoms with van der Waals surface area (Å²) in [4.78, 5) is 23.9. The van der Waals surface area contributed by atoms with Crippen LogP contribution in [-0.4, -0.2) is 40.6 Å². The zero-order valence-corrected chi connectivity index (χ0v) is 16.0. The maximum absolute atomic E-state index is 12.5. The Kier molecular flexibility index (Phi) is 7.65. The van der Waals surface area contributed by atoms with E-state index in [1.807, 2.05) is 0 Å². The van der Waals surface area contributed by atoms with Gasteiger partial charge in [-0.2, -0.15) is 0 Å². The van der Waals surface area contributed by atoms with E-state index in [4.69, 9.17) is 17.3 Å². The highest BCUT2D eigenvalue weighted by molar-refractivity contribution is 6.32. The molecule has 7 nitrogen and oxygen atoms in total. The van der Waals surface area contributed by atoms with Gasteiger partial charge < -0.3 is 26.0 Å². The molecule has 0 aliphatic rings. The molecule has 5 N–H and O–H groups in total. The average molecular weight is 447 g/mol. The van der Waals surface area contributed by atoms with Gasteiger partial charge >= 0.3 is 12.3 Å². The van der Waals surface area contributed by atoms with E-state index < -0.39 is 47.2 Å². The van der Waals surface area contributed by atoms with Crippen molar-refractivity contribution in [3.8, 4) is 5.75 Å². The summed E-state index contributed by atoms with van der Waals surface area (Å²) in [5.74, 6) is -3.50. The number of hydrogen-bond acceptors (Lipinski definition) is 5. The number of aliphatic carboxylic acids is 1. The molecule has 3 atom stereocenters. The van der Waals surface area contributed by atoms with Crippen LogP contribution in [0, 0.1) is 0 Å². The maximum Gasteiger partial charge on any atom is 0.573 e. The minimum Gasteiger partial charge on any atom is -0.479 e. The normalized spacial score (nSPS) is 14.5. The second-order valence-electron chi connectivity index (χ2n) is 6.32. The van der Waals surface area contributed by atoms with Crippen molar-refractivity contribution in [3.63, 3.8) is 0 Å². The number of halogens is 4. The molecule has 0 unspecified atom stereocenters. The first-order valence-corrected chi connectivity index (χ1v) is 8.91. The zero-order chi connectivity index (χ0) is 22.5. The largest absolute Gasteiger partial charge is 0.573 e. The summed E-state index contributed by atoms with van der Waals surface area (Å²) >= 11 is 5.64. The van der Waals surface area contributed by atoms with Gasteiger partial charge in [-0.15, -0.1) is 13.2 Å². The van der Waals surface area contributed by atoms with Gasteiger partial charge in [-0.3, -0.25) is 4.79 Å². The number of carboxylic acids is 1. The van der Waals surface area contributed by atoms with Crippen molar-refractivity contribution < 1.29 is 37.7 Å². The number of aliphatic hydroxyl groups excluding tert-OH is 1. The van der Waals surface area contributed by atoms with Crippen LogP contribution in [0.25, 0.3) is 0 Å². The highest BCUT2D eigenvalue weighted by Gasteiger charge is 2.33. The first kappa shape index (κ1) is 23.5. The monoisotopic (exact) mass is 446 g/mol. The molecule has 0 saturated carbocycles. The smallest absolute Gasteiger partial charge is 0.479 e. The van der Waals surface area contributed by atoms with Crippen LogP contribution in [0.15, 0.2) is 48.5 Å². The molecule has 0 radical (unpaired) electrons. The molecular weight excluding hydrogens is 429 g/mol. The van der Waals surface area contributed by atoms with E-state index in [0.717, 1.165) is 23.8 Å². The van der Waals surface area contributed by atoms with Crippen molar-refractivity contribution in [2.45, 2.75) is 31.0 Å². The third-order valence-electron chi connectivity index (χ3n) is 4.04. The molecule has 0 bridgehead atoms. The van der Waals surface area contributed by atoms with E-state index in [0.29, 0.717) is 0 Å². The number of alkyl halides is 3. The third kappa shape index (κ3) is 6.61. The Morgan fingerprint density at radius 3 is 2.37 bits per heavy atom. The lowest BCUT2D eigenvalue weighted by molar-refractivity contribution is -0.274. The molecular formula is C19H18ClF3N2O5. The molecule has 0 heterocycles. The number of amides is 1. The Balaban J connectivity index is 2.16. The zero-order valence-electron chi connectivity index (χ0n) is 15.3. The fourth-order valence-corrected chi connectivity index (χ4v) is 2.77. The van der Waals surface area contributed by atoms with Crippen LogP contribution in [-0.2, 0) is 16.0 Å². The van der Waals surface area contributed by atoms with Crippen molar-refractivity contribution in [1.29, 1.82) is 0 Å². The van der Waals surface area contributed by atoms with Gasteiger partial charge in [0.15, 0.2) is 6.04 Å². The van der Waals surface area contributed by atoms with Crippen LogP contribution in [0.1, 0.15) is 17.2 Å². The summed E-state index contributed by atoms with van der Waals surface area (Å²) in [6, 6.07) is 8.77. The van der Waals surface area contributed by atoms with Gasteiger partial charge in [-0.25, -0.2) is 4.79 Å². The molecule has 0 aliphatic carbocycles. The molecule has 0 fully saturated rings. The Bertz CT molecular complexity index is 895. The van der Waals surface area contributed by atoms with Gasteiger partial charge in [0, 0.05) is 6.04 Å². The lowest BCUT2D eigenvalue weighted by atomic mass is 10.0. The summed E-state index contributed by atoms with van der Waals surface area (Å²) in [5, 5.41) is 21.2. The quantitative estimate of drug-likeness (QED) is 0.494. The number of rotatable bonds is 8. The SMILES string of the molecule is N[C@H](Cc1ccccc1)[C@H](O)C(=O)N[C@H](C(=O)O)c1ccc(Cl)c(OC(F)(F)F)c1.